The molecule has 0 aromatic heterocycles. The van der Waals surface area contributed by atoms with Crippen molar-refractivity contribution < 1.29 is 9.13 Å². The van der Waals surface area contributed by atoms with E-state index in [1.165, 1.54) is 18.9 Å². The second-order valence-corrected chi connectivity index (χ2v) is 5.32. The van der Waals surface area contributed by atoms with Crippen LogP contribution in [0.2, 0.25) is 0 Å². The molecule has 112 valence electrons. The Morgan fingerprint density at radius 2 is 2.20 bits per heavy atom. The van der Waals surface area contributed by atoms with Crippen LogP contribution in [0, 0.1) is 5.82 Å². The first kappa shape index (κ1) is 15.3. The van der Waals surface area contributed by atoms with Gasteiger partial charge in [-0.25, -0.2) is 4.39 Å². The molecule has 1 N–H and O–H groups in total. The monoisotopic (exact) mass is 280 g/mol. The van der Waals surface area contributed by atoms with E-state index in [2.05, 4.69) is 17.1 Å². The normalized spacial score (nSPS) is 19.2. The number of rotatable bonds is 7. The molecule has 0 radical (unpaired) electrons. The number of hydrogen-bond acceptors (Lipinski definition) is 3. The van der Waals surface area contributed by atoms with Crippen molar-refractivity contribution in [1.29, 1.82) is 0 Å². The van der Waals surface area contributed by atoms with Crippen LogP contribution in [0.5, 0.6) is 5.75 Å². The maximum atomic E-state index is 13.5. The third kappa shape index (κ3) is 4.46. The van der Waals surface area contributed by atoms with Gasteiger partial charge in [-0.15, -0.1) is 0 Å². The minimum atomic E-state index is -0.283. The van der Waals surface area contributed by atoms with E-state index < -0.39 is 0 Å². The summed E-state index contributed by atoms with van der Waals surface area (Å²) in [5, 5.41) is 3.45. The Morgan fingerprint density at radius 1 is 1.35 bits per heavy atom. The van der Waals surface area contributed by atoms with Crippen LogP contribution in [0.15, 0.2) is 24.3 Å². The molecule has 0 amide bonds. The van der Waals surface area contributed by atoms with Gasteiger partial charge < -0.3 is 10.1 Å². The number of nitrogens with zero attached hydrogens (tertiary/aromatic N) is 1. The summed E-state index contributed by atoms with van der Waals surface area (Å²) >= 11 is 0. The number of piperidine rings is 1. The molecule has 1 saturated heterocycles. The summed E-state index contributed by atoms with van der Waals surface area (Å²) in [5.74, 6) is 0.0691. The van der Waals surface area contributed by atoms with Crippen molar-refractivity contribution in [3.8, 4) is 5.75 Å². The van der Waals surface area contributed by atoms with E-state index in [0.29, 0.717) is 18.4 Å². The lowest BCUT2D eigenvalue weighted by Crippen LogP contribution is -2.47. The smallest absolute Gasteiger partial charge is 0.165 e. The van der Waals surface area contributed by atoms with Gasteiger partial charge in [0.25, 0.3) is 0 Å². The first-order valence-corrected chi connectivity index (χ1v) is 7.63. The Morgan fingerprint density at radius 3 is 2.90 bits per heavy atom. The summed E-state index contributed by atoms with van der Waals surface area (Å²) in [6.45, 7) is 6.85. The van der Waals surface area contributed by atoms with Gasteiger partial charge in [0, 0.05) is 19.1 Å². The highest BCUT2D eigenvalue weighted by atomic mass is 19.1. The van der Waals surface area contributed by atoms with E-state index in [-0.39, 0.29) is 5.82 Å². The molecule has 1 aliphatic heterocycles. The molecule has 20 heavy (non-hydrogen) atoms. The molecule has 1 atom stereocenters. The van der Waals surface area contributed by atoms with Gasteiger partial charge in [-0.3, -0.25) is 4.90 Å². The molecule has 2 rings (SSSR count). The second-order valence-electron chi connectivity index (χ2n) is 5.32. The van der Waals surface area contributed by atoms with Crippen molar-refractivity contribution in [2.75, 3.05) is 32.8 Å². The van der Waals surface area contributed by atoms with Crippen molar-refractivity contribution >= 4 is 0 Å². The summed E-state index contributed by atoms with van der Waals surface area (Å²) < 4.78 is 19.0. The SMILES string of the molecule is CCCN(CCOc1ccccc1F)C1CCCNC1. The van der Waals surface area contributed by atoms with E-state index in [0.717, 1.165) is 32.6 Å². The largest absolute Gasteiger partial charge is 0.489 e. The third-order valence-electron chi connectivity index (χ3n) is 3.77. The highest BCUT2D eigenvalue weighted by Crippen LogP contribution is 2.16. The van der Waals surface area contributed by atoms with Crippen molar-refractivity contribution in [3.63, 3.8) is 0 Å². The fraction of sp³-hybridized carbons (Fsp3) is 0.625. The minimum Gasteiger partial charge on any atom is -0.489 e. The number of ether oxygens (including phenoxy) is 1. The van der Waals surface area contributed by atoms with Gasteiger partial charge in [0.15, 0.2) is 11.6 Å². The van der Waals surface area contributed by atoms with Crippen LogP contribution < -0.4 is 10.1 Å². The molecule has 1 aromatic carbocycles. The zero-order valence-corrected chi connectivity index (χ0v) is 12.3. The number of benzene rings is 1. The van der Waals surface area contributed by atoms with Gasteiger partial charge in [-0.1, -0.05) is 19.1 Å². The van der Waals surface area contributed by atoms with Gasteiger partial charge in [0.1, 0.15) is 6.61 Å². The van der Waals surface area contributed by atoms with Gasteiger partial charge in [-0.05, 0) is 44.5 Å². The summed E-state index contributed by atoms with van der Waals surface area (Å²) in [4.78, 5) is 2.47. The van der Waals surface area contributed by atoms with Crippen molar-refractivity contribution in [2.24, 2.45) is 0 Å². The number of hydrogen-bond donors (Lipinski definition) is 1. The first-order chi connectivity index (χ1) is 9.81. The molecule has 1 aromatic rings. The van der Waals surface area contributed by atoms with Crippen LogP contribution in [0.4, 0.5) is 4.39 Å². The minimum absolute atomic E-state index is 0.283. The molecule has 0 saturated carbocycles. The van der Waals surface area contributed by atoms with Gasteiger partial charge >= 0.3 is 0 Å². The molecule has 0 aliphatic carbocycles. The van der Waals surface area contributed by atoms with Gasteiger partial charge in [-0.2, -0.15) is 0 Å². The lowest BCUT2D eigenvalue weighted by molar-refractivity contribution is 0.136. The summed E-state index contributed by atoms with van der Waals surface area (Å²) in [6.07, 6.45) is 3.61. The van der Waals surface area contributed by atoms with E-state index in [1.54, 1.807) is 18.2 Å². The van der Waals surface area contributed by atoms with Crippen LogP contribution in [-0.4, -0.2) is 43.7 Å². The maximum absolute atomic E-state index is 13.5. The Bertz CT molecular complexity index is 394. The Hall–Kier alpha value is -1.13. The van der Waals surface area contributed by atoms with Crippen molar-refractivity contribution in [2.45, 2.75) is 32.2 Å². The van der Waals surface area contributed by atoms with E-state index in [4.69, 9.17) is 4.74 Å². The summed E-state index contributed by atoms with van der Waals surface area (Å²) in [6, 6.07) is 7.19. The quantitative estimate of drug-likeness (QED) is 0.831. The average molecular weight is 280 g/mol. The van der Waals surface area contributed by atoms with Crippen LogP contribution >= 0.6 is 0 Å². The molecule has 0 bridgehead atoms. The lowest BCUT2D eigenvalue weighted by Gasteiger charge is -2.34. The van der Waals surface area contributed by atoms with Crippen LogP contribution in [0.25, 0.3) is 0 Å². The lowest BCUT2D eigenvalue weighted by atomic mass is 10.1. The number of nitrogens with one attached hydrogen (secondary N) is 1. The molecule has 1 aliphatic rings. The Kier molecular flexibility index (Phi) is 6.27. The topological polar surface area (TPSA) is 24.5 Å². The van der Waals surface area contributed by atoms with Crippen LogP contribution in [0.1, 0.15) is 26.2 Å². The molecule has 0 spiro atoms. The molecule has 1 heterocycles. The van der Waals surface area contributed by atoms with Crippen molar-refractivity contribution in [1.82, 2.24) is 10.2 Å². The highest BCUT2D eigenvalue weighted by molar-refractivity contribution is 5.23. The van der Waals surface area contributed by atoms with Crippen LogP contribution in [0.3, 0.4) is 0 Å². The number of para-hydroxylation sites is 1. The molecule has 1 unspecified atom stereocenters. The summed E-state index contributed by atoms with van der Waals surface area (Å²) in [7, 11) is 0. The van der Waals surface area contributed by atoms with E-state index >= 15 is 0 Å². The molecule has 4 heteroatoms. The van der Waals surface area contributed by atoms with Gasteiger partial charge in [0.05, 0.1) is 0 Å². The predicted molar refractivity (Wildman–Crippen MR) is 79.7 cm³/mol. The number of halogens is 1. The maximum Gasteiger partial charge on any atom is 0.165 e. The fourth-order valence-corrected chi connectivity index (χ4v) is 2.74. The van der Waals surface area contributed by atoms with Crippen molar-refractivity contribution in [3.05, 3.63) is 30.1 Å². The second kappa shape index (κ2) is 8.22. The van der Waals surface area contributed by atoms with Gasteiger partial charge in [0.2, 0.25) is 0 Å². The standard InChI is InChI=1S/C16H25FN2O/c1-2-10-19(14-6-5-9-18-13-14)11-12-20-16-8-4-3-7-15(16)17/h3-4,7-8,14,18H,2,5-6,9-13H2,1H3. The third-order valence-corrected chi connectivity index (χ3v) is 3.77. The van der Waals surface area contributed by atoms with E-state index in [1.807, 2.05) is 0 Å². The van der Waals surface area contributed by atoms with Crippen LogP contribution in [-0.2, 0) is 0 Å². The van der Waals surface area contributed by atoms with E-state index in [9.17, 15) is 4.39 Å². The average Bonchev–Trinajstić information content (AvgIpc) is 2.49. The zero-order valence-electron chi connectivity index (χ0n) is 12.3. The molecule has 1 fully saturated rings. The Balaban J connectivity index is 1.81. The zero-order chi connectivity index (χ0) is 14.2. The predicted octanol–water partition coefficient (Wildman–Crippen LogP) is 2.67. The first-order valence-electron chi connectivity index (χ1n) is 7.63. The Labute approximate surface area is 121 Å². The fourth-order valence-electron chi connectivity index (χ4n) is 2.74. The summed E-state index contributed by atoms with van der Waals surface area (Å²) in [5.41, 5.74) is 0. The molecular weight excluding hydrogens is 255 g/mol. The molecular formula is C16H25FN2O. The molecule has 3 nitrogen and oxygen atoms in total. The highest BCUT2D eigenvalue weighted by Gasteiger charge is 2.20.